The maximum Gasteiger partial charge on any atom is 0.330 e. The number of esters is 2. The number of carbonyl (C=O) groups is 2. The summed E-state index contributed by atoms with van der Waals surface area (Å²) in [5, 5.41) is 0. The molecule has 0 aliphatic rings. The fourth-order valence-corrected chi connectivity index (χ4v) is 1.88. The van der Waals surface area contributed by atoms with Crippen molar-refractivity contribution in [3.63, 3.8) is 0 Å². The van der Waals surface area contributed by atoms with E-state index >= 15 is 0 Å². The van der Waals surface area contributed by atoms with E-state index in [9.17, 15) is 9.59 Å². The Morgan fingerprint density at radius 1 is 0.880 bits per heavy atom. The molecule has 0 aliphatic heterocycles. The molecule has 0 fully saturated rings. The van der Waals surface area contributed by atoms with Crippen molar-refractivity contribution in [2.75, 3.05) is 13.2 Å². The van der Waals surface area contributed by atoms with Crippen LogP contribution in [0.2, 0.25) is 0 Å². The minimum absolute atomic E-state index is 0.00116. The Labute approximate surface area is 155 Å². The first-order valence-electron chi connectivity index (χ1n) is 9.80. The molecule has 0 saturated heterocycles. The molecule has 0 unspecified atom stereocenters. The fraction of sp³-hybridized carbons (Fsp3) is 0.810. The Morgan fingerprint density at radius 3 is 1.84 bits per heavy atom. The zero-order chi connectivity index (χ0) is 19.5. The van der Waals surface area contributed by atoms with Crippen molar-refractivity contribution >= 4 is 11.9 Å². The van der Waals surface area contributed by atoms with Crippen LogP contribution in [0.15, 0.2) is 12.7 Å². The van der Waals surface area contributed by atoms with E-state index in [-0.39, 0.29) is 17.9 Å². The molecule has 148 valence electrons. The second-order valence-corrected chi connectivity index (χ2v) is 7.03. The van der Waals surface area contributed by atoms with Crippen LogP contribution in [0.4, 0.5) is 0 Å². The molecule has 4 nitrogen and oxygen atoms in total. The SMILES string of the molecule is C=CC(=O)OCCCCCCCCCC.CC(C)COC(=O)C(C)C. The van der Waals surface area contributed by atoms with Gasteiger partial charge in [-0.05, 0) is 12.3 Å². The van der Waals surface area contributed by atoms with Gasteiger partial charge in [-0.3, -0.25) is 4.79 Å². The van der Waals surface area contributed by atoms with Gasteiger partial charge in [-0.2, -0.15) is 0 Å². The van der Waals surface area contributed by atoms with Gasteiger partial charge in [-0.1, -0.05) is 86.1 Å². The van der Waals surface area contributed by atoms with E-state index in [4.69, 9.17) is 9.47 Å². The van der Waals surface area contributed by atoms with Crippen LogP contribution in [0.25, 0.3) is 0 Å². The van der Waals surface area contributed by atoms with Gasteiger partial charge < -0.3 is 9.47 Å². The molecule has 0 aromatic heterocycles. The summed E-state index contributed by atoms with van der Waals surface area (Å²) < 4.78 is 9.81. The highest BCUT2D eigenvalue weighted by molar-refractivity contribution is 5.81. The van der Waals surface area contributed by atoms with Gasteiger partial charge in [0.2, 0.25) is 0 Å². The molecular weight excluding hydrogens is 316 g/mol. The van der Waals surface area contributed by atoms with Crippen molar-refractivity contribution in [2.24, 2.45) is 11.8 Å². The Hall–Kier alpha value is -1.32. The topological polar surface area (TPSA) is 52.6 Å². The van der Waals surface area contributed by atoms with E-state index in [1.807, 2.05) is 27.7 Å². The normalized spacial score (nSPS) is 10.2. The third-order valence-electron chi connectivity index (χ3n) is 3.44. The summed E-state index contributed by atoms with van der Waals surface area (Å²) in [6.45, 7) is 14.4. The Bertz CT molecular complexity index is 335. The van der Waals surface area contributed by atoms with Crippen LogP contribution in [0.1, 0.15) is 86.0 Å². The summed E-state index contributed by atoms with van der Waals surface area (Å²) >= 11 is 0. The molecule has 0 amide bonds. The summed E-state index contributed by atoms with van der Waals surface area (Å²) in [5.41, 5.74) is 0. The summed E-state index contributed by atoms with van der Waals surface area (Å²) in [4.78, 5) is 21.5. The molecule has 4 heteroatoms. The van der Waals surface area contributed by atoms with Gasteiger partial charge in [-0.25, -0.2) is 4.79 Å². The zero-order valence-corrected chi connectivity index (χ0v) is 17.1. The van der Waals surface area contributed by atoms with Crippen molar-refractivity contribution in [1.82, 2.24) is 0 Å². The maximum atomic E-state index is 10.8. The van der Waals surface area contributed by atoms with Crippen LogP contribution >= 0.6 is 0 Å². The van der Waals surface area contributed by atoms with Gasteiger partial charge in [0.15, 0.2) is 0 Å². The van der Waals surface area contributed by atoms with Crippen molar-refractivity contribution in [3.05, 3.63) is 12.7 Å². The van der Waals surface area contributed by atoms with Crippen molar-refractivity contribution in [1.29, 1.82) is 0 Å². The van der Waals surface area contributed by atoms with Crippen molar-refractivity contribution in [3.8, 4) is 0 Å². The van der Waals surface area contributed by atoms with Gasteiger partial charge in [0, 0.05) is 6.08 Å². The molecule has 0 spiro atoms. The largest absolute Gasteiger partial charge is 0.465 e. The highest BCUT2D eigenvalue weighted by atomic mass is 16.5. The van der Waals surface area contributed by atoms with E-state index in [0.29, 0.717) is 19.1 Å². The van der Waals surface area contributed by atoms with Gasteiger partial charge in [0.1, 0.15) is 0 Å². The highest BCUT2D eigenvalue weighted by Crippen LogP contribution is 2.08. The Morgan fingerprint density at radius 2 is 1.40 bits per heavy atom. The number of unbranched alkanes of at least 4 members (excludes halogenated alkanes) is 7. The van der Waals surface area contributed by atoms with Crippen LogP contribution in [0, 0.1) is 11.8 Å². The number of hydrogen-bond donors (Lipinski definition) is 0. The van der Waals surface area contributed by atoms with E-state index in [1.54, 1.807) is 0 Å². The predicted octanol–water partition coefficient (Wildman–Crippen LogP) is 5.70. The summed E-state index contributed by atoms with van der Waals surface area (Å²) in [6, 6.07) is 0. The predicted molar refractivity (Wildman–Crippen MR) is 104 cm³/mol. The molecule has 0 radical (unpaired) electrons. The first kappa shape index (κ1) is 25.9. The van der Waals surface area contributed by atoms with Crippen LogP contribution < -0.4 is 0 Å². The van der Waals surface area contributed by atoms with Gasteiger partial charge in [0.05, 0.1) is 19.1 Å². The van der Waals surface area contributed by atoms with Gasteiger partial charge in [0.25, 0.3) is 0 Å². The van der Waals surface area contributed by atoms with Crippen molar-refractivity contribution < 1.29 is 19.1 Å². The molecule has 25 heavy (non-hydrogen) atoms. The average molecular weight is 357 g/mol. The van der Waals surface area contributed by atoms with Gasteiger partial charge >= 0.3 is 11.9 Å². The molecule has 0 aliphatic carbocycles. The minimum Gasteiger partial charge on any atom is -0.465 e. The Kier molecular flexibility index (Phi) is 19.7. The molecule has 0 bridgehead atoms. The lowest BCUT2D eigenvalue weighted by Gasteiger charge is -2.08. The number of carbonyl (C=O) groups excluding carboxylic acids is 2. The zero-order valence-electron chi connectivity index (χ0n) is 17.1. The van der Waals surface area contributed by atoms with E-state index in [2.05, 4.69) is 13.5 Å². The molecule has 0 atom stereocenters. The fourth-order valence-electron chi connectivity index (χ4n) is 1.88. The molecule has 0 rings (SSSR count). The van der Waals surface area contributed by atoms with E-state index in [0.717, 1.165) is 12.8 Å². The third kappa shape index (κ3) is 22.7. The number of rotatable bonds is 13. The van der Waals surface area contributed by atoms with E-state index in [1.165, 1.54) is 44.6 Å². The summed E-state index contributed by atoms with van der Waals surface area (Å²) in [5.74, 6) is 0.0214. The average Bonchev–Trinajstić information content (AvgIpc) is 2.58. The second kappa shape index (κ2) is 19.0. The van der Waals surface area contributed by atoms with E-state index < -0.39 is 0 Å². The van der Waals surface area contributed by atoms with Crippen LogP contribution in [-0.2, 0) is 19.1 Å². The van der Waals surface area contributed by atoms with Crippen LogP contribution in [0.5, 0.6) is 0 Å². The summed E-state index contributed by atoms with van der Waals surface area (Å²) in [7, 11) is 0. The smallest absolute Gasteiger partial charge is 0.330 e. The molecule has 0 heterocycles. The van der Waals surface area contributed by atoms with Gasteiger partial charge in [-0.15, -0.1) is 0 Å². The molecule has 0 saturated carbocycles. The Balaban J connectivity index is 0. The lowest BCUT2D eigenvalue weighted by Crippen LogP contribution is -2.14. The maximum absolute atomic E-state index is 10.8. The molecule has 0 N–H and O–H groups in total. The monoisotopic (exact) mass is 356 g/mol. The molecule has 0 aromatic rings. The molecular formula is C21H40O4. The lowest BCUT2D eigenvalue weighted by molar-refractivity contribution is -0.148. The minimum atomic E-state index is -0.307. The second-order valence-electron chi connectivity index (χ2n) is 7.03. The third-order valence-corrected chi connectivity index (χ3v) is 3.44. The number of ether oxygens (including phenoxy) is 2. The molecule has 0 aromatic carbocycles. The first-order chi connectivity index (χ1) is 11.8. The van der Waals surface area contributed by atoms with Crippen molar-refractivity contribution in [2.45, 2.75) is 86.0 Å². The quantitative estimate of drug-likeness (QED) is 0.241. The van der Waals surface area contributed by atoms with Crippen LogP contribution in [-0.4, -0.2) is 25.2 Å². The highest BCUT2D eigenvalue weighted by Gasteiger charge is 2.07. The standard InChI is InChI=1S/C13H24O2.C8H16O2/c1-3-5-6-7-8-9-10-11-12-15-13(14)4-2;1-6(2)5-10-8(9)7(3)4/h4H,2-3,5-12H2,1H3;6-7H,5H2,1-4H3. The van der Waals surface area contributed by atoms with Crippen LogP contribution in [0.3, 0.4) is 0 Å². The summed E-state index contributed by atoms with van der Waals surface area (Å²) in [6.07, 6.45) is 11.3. The first-order valence-corrected chi connectivity index (χ1v) is 9.80. The number of hydrogen-bond acceptors (Lipinski definition) is 4. The lowest BCUT2D eigenvalue weighted by atomic mass is 10.1.